The average Bonchev–Trinajstić information content (AvgIpc) is 3.17. The van der Waals surface area contributed by atoms with Crippen molar-refractivity contribution in [2.24, 2.45) is 7.05 Å². The minimum Gasteiger partial charge on any atom is -0.437 e. The molecule has 0 aliphatic heterocycles. The van der Waals surface area contributed by atoms with Crippen LogP contribution in [-0.2, 0) is 7.05 Å². The Hall–Kier alpha value is -4.39. The van der Waals surface area contributed by atoms with Gasteiger partial charge >= 0.3 is 0 Å². The van der Waals surface area contributed by atoms with Crippen LogP contribution in [0.5, 0.6) is 11.6 Å². The highest BCUT2D eigenvalue weighted by Gasteiger charge is 2.18. The van der Waals surface area contributed by atoms with Gasteiger partial charge in [-0.25, -0.2) is 15.0 Å². The number of hydrogen-bond donors (Lipinski definition) is 0. The third-order valence-electron chi connectivity index (χ3n) is 5.25. The minimum absolute atomic E-state index is 0.151. The Morgan fingerprint density at radius 1 is 0.875 bits per heavy atom. The summed E-state index contributed by atoms with van der Waals surface area (Å²) < 4.78 is 7.81. The molecule has 156 valence electrons. The van der Waals surface area contributed by atoms with E-state index in [-0.39, 0.29) is 5.78 Å². The van der Waals surface area contributed by atoms with E-state index in [1.165, 1.54) is 0 Å². The molecule has 32 heavy (non-hydrogen) atoms. The van der Waals surface area contributed by atoms with Gasteiger partial charge in [0.25, 0.3) is 0 Å². The molecule has 7 nitrogen and oxygen atoms in total. The highest BCUT2D eigenvalue weighted by atomic mass is 16.5. The molecule has 0 unspecified atom stereocenters. The van der Waals surface area contributed by atoms with E-state index in [0.717, 1.165) is 22.3 Å². The predicted molar refractivity (Wildman–Crippen MR) is 121 cm³/mol. The summed E-state index contributed by atoms with van der Waals surface area (Å²) in [6.07, 6.45) is 4.93. The summed E-state index contributed by atoms with van der Waals surface area (Å²) in [5.41, 5.74) is 4.53. The first-order chi connectivity index (χ1) is 15.6. The number of ether oxygens (including phenoxy) is 1. The number of imidazole rings is 1. The van der Waals surface area contributed by atoms with Crippen molar-refractivity contribution in [2.45, 2.75) is 6.92 Å². The number of benzene rings is 2. The van der Waals surface area contributed by atoms with Gasteiger partial charge in [0.2, 0.25) is 11.7 Å². The van der Waals surface area contributed by atoms with Crippen LogP contribution < -0.4 is 4.74 Å². The summed E-state index contributed by atoms with van der Waals surface area (Å²) in [7, 11) is 1.84. The van der Waals surface area contributed by atoms with E-state index in [1.54, 1.807) is 42.9 Å². The lowest BCUT2D eigenvalue weighted by Crippen LogP contribution is -2.08. The van der Waals surface area contributed by atoms with Crippen LogP contribution in [-0.4, -0.2) is 30.3 Å². The molecule has 0 aliphatic carbocycles. The molecule has 2 aromatic carbocycles. The Bertz CT molecular complexity index is 1440. The summed E-state index contributed by atoms with van der Waals surface area (Å²) in [4.78, 5) is 30.6. The van der Waals surface area contributed by atoms with Crippen LogP contribution in [0.4, 0.5) is 0 Å². The van der Waals surface area contributed by atoms with Gasteiger partial charge < -0.3 is 9.30 Å². The maximum absolute atomic E-state index is 13.0. The molecule has 0 atom stereocenters. The van der Waals surface area contributed by atoms with E-state index in [1.807, 2.05) is 54.9 Å². The number of carbonyl (C=O) groups excluding carboxylic acids is 1. The maximum atomic E-state index is 13.0. The molecule has 0 fully saturated rings. The van der Waals surface area contributed by atoms with E-state index in [2.05, 4.69) is 19.9 Å². The summed E-state index contributed by atoms with van der Waals surface area (Å²) in [5.74, 6) is 1.16. The molecule has 0 N–H and O–H groups in total. The van der Waals surface area contributed by atoms with Crippen LogP contribution >= 0.6 is 0 Å². The van der Waals surface area contributed by atoms with Gasteiger partial charge in [-0.2, -0.15) is 0 Å². The first-order valence-electron chi connectivity index (χ1n) is 10.1. The van der Waals surface area contributed by atoms with Gasteiger partial charge in [-0.1, -0.05) is 12.1 Å². The van der Waals surface area contributed by atoms with E-state index in [9.17, 15) is 4.79 Å². The standard InChI is InChI=1S/C25H19N5O2/c1-16-19(6-5-13-26-16)22-25(28-15-14-27-22)32-18-11-9-17(10-12-18)23(31)24-29-20-7-3-4-8-21(20)30(24)2/h3-15H,1-2H3. The average molecular weight is 421 g/mol. The molecule has 7 heteroatoms. The number of ketones is 1. The number of para-hydroxylation sites is 2. The number of aryl methyl sites for hydroxylation is 2. The van der Waals surface area contributed by atoms with E-state index in [4.69, 9.17) is 4.74 Å². The smallest absolute Gasteiger partial charge is 0.246 e. The van der Waals surface area contributed by atoms with Crippen molar-refractivity contribution in [3.63, 3.8) is 0 Å². The topological polar surface area (TPSA) is 82.8 Å². The van der Waals surface area contributed by atoms with Gasteiger partial charge in [-0.15, -0.1) is 0 Å². The molecule has 0 amide bonds. The van der Waals surface area contributed by atoms with Crippen molar-refractivity contribution in [3.05, 3.63) is 96.3 Å². The van der Waals surface area contributed by atoms with Gasteiger partial charge in [0.1, 0.15) is 11.4 Å². The van der Waals surface area contributed by atoms with Crippen molar-refractivity contribution in [2.75, 3.05) is 0 Å². The molecule has 3 heterocycles. The Morgan fingerprint density at radius 3 is 2.44 bits per heavy atom. The van der Waals surface area contributed by atoms with Gasteiger partial charge in [0.15, 0.2) is 5.82 Å². The van der Waals surface area contributed by atoms with Gasteiger partial charge in [0, 0.05) is 42.5 Å². The van der Waals surface area contributed by atoms with Gasteiger partial charge in [-0.3, -0.25) is 9.78 Å². The quantitative estimate of drug-likeness (QED) is 0.381. The van der Waals surface area contributed by atoms with Crippen LogP contribution in [0.1, 0.15) is 21.9 Å². The zero-order chi connectivity index (χ0) is 22.1. The fraction of sp³-hybridized carbons (Fsp3) is 0.0800. The molecule has 0 aliphatic rings. The molecule has 0 spiro atoms. The molecular weight excluding hydrogens is 402 g/mol. The summed E-state index contributed by atoms with van der Waals surface area (Å²) in [6.45, 7) is 1.91. The lowest BCUT2D eigenvalue weighted by atomic mass is 10.1. The molecule has 3 aromatic heterocycles. The Balaban J connectivity index is 1.42. The molecule has 0 bridgehead atoms. The Labute approximate surface area is 184 Å². The van der Waals surface area contributed by atoms with Crippen molar-refractivity contribution in [3.8, 4) is 22.9 Å². The van der Waals surface area contributed by atoms with Crippen LogP contribution in [0.25, 0.3) is 22.3 Å². The van der Waals surface area contributed by atoms with Gasteiger partial charge in [0.05, 0.1) is 11.0 Å². The van der Waals surface area contributed by atoms with E-state index >= 15 is 0 Å². The Morgan fingerprint density at radius 2 is 1.66 bits per heavy atom. The molecular formula is C25H19N5O2. The monoisotopic (exact) mass is 421 g/mol. The fourth-order valence-electron chi connectivity index (χ4n) is 3.58. The SMILES string of the molecule is Cc1ncccc1-c1nccnc1Oc1ccc(C(=O)c2nc3ccccc3n2C)cc1. The van der Waals surface area contributed by atoms with E-state index in [0.29, 0.717) is 28.7 Å². The van der Waals surface area contributed by atoms with Crippen LogP contribution in [0.3, 0.4) is 0 Å². The number of rotatable bonds is 5. The zero-order valence-corrected chi connectivity index (χ0v) is 17.6. The van der Waals surface area contributed by atoms with E-state index < -0.39 is 0 Å². The minimum atomic E-state index is -0.151. The summed E-state index contributed by atoms with van der Waals surface area (Å²) in [5, 5.41) is 0. The molecule has 0 saturated heterocycles. The van der Waals surface area contributed by atoms with Crippen molar-refractivity contribution < 1.29 is 9.53 Å². The molecule has 5 rings (SSSR count). The number of pyridine rings is 1. The number of fused-ring (bicyclic) bond motifs is 1. The third kappa shape index (κ3) is 3.50. The fourth-order valence-corrected chi connectivity index (χ4v) is 3.58. The van der Waals surface area contributed by atoms with Crippen molar-refractivity contribution >= 4 is 16.8 Å². The largest absolute Gasteiger partial charge is 0.437 e. The van der Waals surface area contributed by atoms with Gasteiger partial charge in [-0.05, 0) is 55.5 Å². The van der Waals surface area contributed by atoms with Crippen molar-refractivity contribution in [1.29, 1.82) is 0 Å². The normalized spacial score (nSPS) is 10.9. The third-order valence-corrected chi connectivity index (χ3v) is 5.25. The molecule has 0 saturated carbocycles. The second-order valence-electron chi connectivity index (χ2n) is 7.29. The number of aromatic nitrogens is 5. The first kappa shape index (κ1) is 19.6. The highest BCUT2D eigenvalue weighted by molar-refractivity contribution is 6.08. The van der Waals surface area contributed by atoms with Crippen LogP contribution in [0, 0.1) is 6.92 Å². The predicted octanol–water partition coefficient (Wildman–Crippen LogP) is 4.76. The highest BCUT2D eigenvalue weighted by Crippen LogP contribution is 2.31. The maximum Gasteiger partial charge on any atom is 0.246 e. The zero-order valence-electron chi connectivity index (χ0n) is 17.6. The lowest BCUT2D eigenvalue weighted by molar-refractivity contribution is 0.102. The Kier molecular flexibility index (Phi) is 4.91. The number of nitrogens with zero attached hydrogens (tertiary/aromatic N) is 5. The number of carbonyl (C=O) groups is 1. The second kappa shape index (κ2) is 8.03. The van der Waals surface area contributed by atoms with Crippen LogP contribution in [0.2, 0.25) is 0 Å². The van der Waals surface area contributed by atoms with Crippen LogP contribution in [0.15, 0.2) is 79.3 Å². The number of hydrogen-bond acceptors (Lipinski definition) is 6. The summed E-state index contributed by atoms with van der Waals surface area (Å²) in [6, 6.07) is 18.4. The first-order valence-corrected chi connectivity index (χ1v) is 10.1. The second-order valence-corrected chi connectivity index (χ2v) is 7.29. The lowest BCUT2D eigenvalue weighted by Gasteiger charge is -2.10. The van der Waals surface area contributed by atoms with Crippen molar-refractivity contribution in [1.82, 2.24) is 24.5 Å². The summed E-state index contributed by atoms with van der Waals surface area (Å²) >= 11 is 0. The molecule has 0 radical (unpaired) electrons. The molecule has 5 aromatic rings.